The predicted octanol–water partition coefficient (Wildman–Crippen LogP) is 4.85. The summed E-state index contributed by atoms with van der Waals surface area (Å²) >= 11 is 9.48. The topological polar surface area (TPSA) is 37.3 Å². The highest BCUT2D eigenvalue weighted by Gasteiger charge is 2.22. The van der Waals surface area contributed by atoms with Crippen LogP contribution in [0.4, 0.5) is 0 Å². The zero-order valence-corrected chi connectivity index (χ0v) is 13.5. The second-order valence-corrected chi connectivity index (χ2v) is 7.65. The van der Waals surface area contributed by atoms with Crippen molar-refractivity contribution in [1.82, 2.24) is 0 Å². The number of aromatic carboxylic acids is 1. The van der Waals surface area contributed by atoms with Gasteiger partial charge in [-0.2, -0.15) is 0 Å². The van der Waals surface area contributed by atoms with Gasteiger partial charge < -0.3 is 5.11 Å². The average Bonchev–Trinajstić information content (AvgIpc) is 2.89. The molecule has 0 bridgehead atoms. The van der Waals surface area contributed by atoms with E-state index >= 15 is 0 Å². The van der Waals surface area contributed by atoms with Gasteiger partial charge in [0.2, 0.25) is 0 Å². The van der Waals surface area contributed by atoms with E-state index in [4.69, 9.17) is 16.7 Å². The van der Waals surface area contributed by atoms with E-state index in [0.717, 1.165) is 17.1 Å². The minimum Gasteiger partial charge on any atom is -0.478 e. The Morgan fingerprint density at radius 3 is 2.90 bits per heavy atom. The molecule has 2 aromatic carbocycles. The van der Waals surface area contributed by atoms with Gasteiger partial charge in [0.25, 0.3) is 0 Å². The standard InChI is InChI=1S/C16H13ClO2S2/c17-14-6-5-11(8-13(14)16(18)19)20-9-12-7-10-3-1-2-4-15(10)21-12/h1-6,8,12H,7,9H2,(H,18,19). The maximum atomic E-state index is 11.1. The number of rotatable bonds is 4. The van der Waals surface area contributed by atoms with Crippen molar-refractivity contribution in [2.75, 3.05) is 5.75 Å². The van der Waals surface area contributed by atoms with Crippen molar-refractivity contribution in [2.45, 2.75) is 21.5 Å². The van der Waals surface area contributed by atoms with Crippen molar-refractivity contribution in [2.24, 2.45) is 0 Å². The molecule has 1 atom stereocenters. The van der Waals surface area contributed by atoms with E-state index in [9.17, 15) is 4.79 Å². The molecule has 0 radical (unpaired) electrons. The van der Waals surface area contributed by atoms with E-state index < -0.39 is 5.97 Å². The van der Waals surface area contributed by atoms with Gasteiger partial charge in [0, 0.05) is 20.8 Å². The zero-order chi connectivity index (χ0) is 14.8. The van der Waals surface area contributed by atoms with Crippen molar-refractivity contribution < 1.29 is 9.90 Å². The molecule has 3 rings (SSSR count). The summed E-state index contributed by atoms with van der Waals surface area (Å²) < 4.78 is 0. The Morgan fingerprint density at radius 1 is 1.33 bits per heavy atom. The molecule has 0 saturated heterocycles. The third-order valence-electron chi connectivity index (χ3n) is 3.32. The molecule has 0 saturated carbocycles. The summed E-state index contributed by atoms with van der Waals surface area (Å²) in [4.78, 5) is 13.4. The second kappa shape index (κ2) is 6.34. The zero-order valence-electron chi connectivity index (χ0n) is 11.1. The van der Waals surface area contributed by atoms with E-state index in [1.165, 1.54) is 10.5 Å². The summed E-state index contributed by atoms with van der Waals surface area (Å²) in [6, 6.07) is 13.7. The normalized spacial score (nSPS) is 16.7. The molecule has 21 heavy (non-hydrogen) atoms. The largest absolute Gasteiger partial charge is 0.478 e. The Labute approximate surface area is 136 Å². The first kappa shape index (κ1) is 14.8. The van der Waals surface area contributed by atoms with Crippen LogP contribution in [0.2, 0.25) is 5.02 Å². The van der Waals surface area contributed by atoms with E-state index in [2.05, 4.69) is 24.3 Å². The number of fused-ring (bicyclic) bond motifs is 1. The number of halogens is 1. The van der Waals surface area contributed by atoms with Gasteiger partial charge >= 0.3 is 5.97 Å². The summed E-state index contributed by atoms with van der Waals surface area (Å²) in [5.41, 5.74) is 1.58. The van der Waals surface area contributed by atoms with Crippen molar-refractivity contribution in [3.8, 4) is 0 Å². The van der Waals surface area contributed by atoms with Crippen LogP contribution in [0, 0.1) is 0 Å². The molecule has 1 aliphatic heterocycles. The molecule has 0 amide bonds. The minimum atomic E-state index is -0.981. The lowest BCUT2D eigenvalue weighted by Gasteiger charge is -2.09. The van der Waals surface area contributed by atoms with Crippen LogP contribution in [-0.2, 0) is 6.42 Å². The number of hydrogen-bond donors (Lipinski definition) is 1. The molecule has 2 nitrogen and oxygen atoms in total. The first-order valence-corrected chi connectivity index (χ1v) is 8.78. The number of carboxylic acid groups (broad SMARTS) is 1. The molecule has 1 heterocycles. The lowest BCUT2D eigenvalue weighted by Crippen LogP contribution is -2.04. The molecular weight excluding hydrogens is 324 g/mol. The Hall–Kier alpha value is -1.10. The fourth-order valence-electron chi connectivity index (χ4n) is 2.29. The van der Waals surface area contributed by atoms with Crippen LogP contribution in [0.25, 0.3) is 0 Å². The van der Waals surface area contributed by atoms with E-state index in [1.807, 2.05) is 17.8 Å². The SMILES string of the molecule is O=C(O)c1cc(SCC2Cc3ccccc3S2)ccc1Cl. The third kappa shape index (κ3) is 3.39. The lowest BCUT2D eigenvalue weighted by atomic mass is 10.1. The van der Waals surface area contributed by atoms with Gasteiger partial charge in [-0.15, -0.1) is 23.5 Å². The van der Waals surface area contributed by atoms with Gasteiger partial charge in [-0.25, -0.2) is 4.79 Å². The maximum absolute atomic E-state index is 11.1. The highest BCUT2D eigenvalue weighted by Crippen LogP contribution is 2.39. The monoisotopic (exact) mass is 336 g/mol. The molecule has 0 aromatic heterocycles. The number of carbonyl (C=O) groups is 1. The van der Waals surface area contributed by atoms with Crippen molar-refractivity contribution in [1.29, 1.82) is 0 Å². The molecule has 108 valence electrons. The summed E-state index contributed by atoms with van der Waals surface area (Å²) in [5.74, 6) is -0.0230. The van der Waals surface area contributed by atoms with Crippen molar-refractivity contribution in [3.63, 3.8) is 0 Å². The Morgan fingerprint density at radius 2 is 2.14 bits per heavy atom. The number of hydrogen-bond acceptors (Lipinski definition) is 3. The summed E-state index contributed by atoms with van der Waals surface area (Å²) in [6.45, 7) is 0. The Bertz CT molecular complexity index is 663. The Balaban J connectivity index is 1.64. The van der Waals surface area contributed by atoms with Crippen LogP contribution in [0.15, 0.2) is 52.3 Å². The fraction of sp³-hybridized carbons (Fsp3) is 0.188. The smallest absolute Gasteiger partial charge is 0.337 e. The minimum absolute atomic E-state index is 0.170. The summed E-state index contributed by atoms with van der Waals surface area (Å²) in [6.07, 6.45) is 1.08. The van der Waals surface area contributed by atoms with Gasteiger partial charge in [-0.05, 0) is 36.2 Å². The fourth-order valence-corrected chi connectivity index (χ4v) is 4.91. The highest BCUT2D eigenvalue weighted by atomic mass is 35.5. The van der Waals surface area contributed by atoms with E-state index in [-0.39, 0.29) is 10.6 Å². The lowest BCUT2D eigenvalue weighted by molar-refractivity contribution is 0.0697. The molecule has 1 aliphatic rings. The first-order chi connectivity index (χ1) is 10.1. The molecule has 2 aromatic rings. The molecule has 0 spiro atoms. The third-order valence-corrected chi connectivity index (χ3v) is 6.33. The first-order valence-electron chi connectivity index (χ1n) is 6.53. The summed E-state index contributed by atoms with van der Waals surface area (Å²) in [7, 11) is 0. The summed E-state index contributed by atoms with van der Waals surface area (Å²) in [5, 5.41) is 9.92. The molecule has 1 unspecified atom stereocenters. The van der Waals surface area contributed by atoms with E-state index in [0.29, 0.717) is 5.25 Å². The number of carboxylic acids is 1. The molecule has 0 fully saturated rings. The Kier molecular flexibility index (Phi) is 4.48. The molecule has 1 N–H and O–H groups in total. The van der Waals surface area contributed by atoms with Crippen molar-refractivity contribution >= 4 is 41.1 Å². The number of thioether (sulfide) groups is 2. The van der Waals surface area contributed by atoms with Gasteiger partial charge in [0.05, 0.1) is 10.6 Å². The second-order valence-electron chi connectivity index (χ2n) is 4.81. The van der Waals surface area contributed by atoms with Crippen molar-refractivity contribution in [3.05, 3.63) is 58.6 Å². The van der Waals surface area contributed by atoms with Crippen LogP contribution in [0.3, 0.4) is 0 Å². The van der Waals surface area contributed by atoms with Gasteiger partial charge in [-0.1, -0.05) is 29.8 Å². The van der Waals surface area contributed by atoms with Crippen LogP contribution >= 0.6 is 35.1 Å². The van der Waals surface area contributed by atoms with Crippen LogP contribution in [0.5, 0.6) is 0 Å². The van der Waals surface area contributed by atoms with Crippen LogP contribution in [0.1, 0.15) is 15.9 Å². The molecule has 0 aliphatic carbocycles. The predicted molar refractivity (Wildman–Crippen MR) is 88.9 cm³/mol. The van der Waals surface area contributed by atoms with E-state index in [1.54, 1.807) is 23.9 Å². The molecular formula is C16H13ClO2S2. The quantitative estimate of drug-likeness (QED) is 0.810. The maximum Gasteiger partial charge on any atom is 0.337 e. The average molecular weight is 337 g/mol. The van der Waals surface area contributed by atoms with Crippen LogP contribution < -0.4 is 0 Å². The number of benzene rings is 2. The van der Waals surface area contributed by atoms with Crippen LogP contribution in [-0.4, -0.2) is 22.1 Å². The van der Waals surface area contributed by atoms with Gasteiger partial charge in [0.1, 0.15) is 0 Å². The van der Waals surface area contributed by atoms with Gasteiger partial charge in [0.15, 0.2) is 0 Å². The van der Waals surface area contributed by atoms with Gasteiger partial charge in [-0.3, -0.25) is 0 Å². The molecule has 5 heteroatoms. The highest BCUT2D eigenvalue weighted by molar-refractivity contribution is 8.03.